The van der Waals surface area contributed by atoms with Crippen LogP contribution in [0.4, 0.5) is 0 Å². The number of Topliss-reactive ketones (excluding diaryl/α,β-unsaturated/α-hetero) is 1. The van der Waals surface area contributed by atoms with E-state index in [1.165, 1.54) is 18.7 Å². The summed E-state index contributed by atoms with van der Waals surface area (Å²) >= 11 is 1.49. The zero-order valence-electron chi connectivity index (χ0n) is 18.3. The Morgan fingerprint density at radius 2 is 1.87 bits per heavy atom. The van der Waals surface area contributed by atoms with Crippen LogP contribution in [0.3, 0.4) is 0 Å². The van der Waals surface area contributed by atoms with E-state index < -0.39 is 0 Å². The molecule has 0 aliphatic carbocycles. The van der Waals surface area contributed by atoms with E-state index >= 15 is 0 Å². The first-order valence-electron chi connectivity index (χ1n) is 10.0. The van der Waals surface area contributed by atoms with Gasteiger partial charge in [0.25, 0.3) is 0 Å². The summed E-state index contributed by atoms with van der Waals surface area (Å²) in [6.07, 6.45) is 0. The molecular formula is C24H27N3O3S. The maximum Gasteiger partial charge on any atom is 0.230 e. The van der Waals surface area contributed by atoms with E-state index in [2.05, 4.69) is 10.4 Å². The normalized spacial score (nSPS) is 10.7. The summed E-state index contributed by atoms with van der Waals surface area (Å²) in [4.78, 5) is 24.0. The molecule has 1 aromatic heterocycles. The number of para-hydroxylation sites is 1. The van der Waals surface area contributed by atoms with Crippen LogP contribution in [0.15, 0.2) is 48.5 Å². The molecule has 0 spiro atoms. The summed E-state index contributed by atoms with van der Waals surface area (Å²) in [5.41, 5.74) is 5.49. The zero-order chi connectivity index (χ0) is 22.4. The summed E-state index contributed by atoms with van der Waals surface area (Å²) in [6.45, 7) is 5.94. The largest absolute Gasteiger partial charge is 0.496 e. The van der Waals surface area contributed by atoms with Crippen LogP contribution in [-0.4, -0.2) is 34.3 Å². The van der Waals surface area contributed by atoms with Crippen molar-refractivity contribution in [3.63, 3.8) is 0 Å². The van der Waals surface area contributed by atoms with Crippen LogP contribution in [0.25, 0.3) is 5.69 Å². The van der Waals surface area contributed by atoms with E-state index in [4.69, 9.17) is 4.74 Å². The molecule has 1 N–H and O–H groups in total. The molecule has 31 heavy (non-hydrogen) atoms. The number of ether oxygens (including phenoxy) is 1. The number of rotatable bonds is 9. The van der Waals surface area contributed by atoms with Gasteiger partial charge in [0.05, 0.1) is 24.2 Å². The predicted molar refractivity (Wildman–Crippen MR) is 124 cm³/mol. The first-order chi connectivity index (χ1) is 14.9. The van der Waals surface area contributed by atoms with E-state index in [1.807, 2.05) is 54.9 Å². The average molecular weight is 438 g/mol. The lowest BCUT2D eigenvalue weighted by atomic mass is 10.1. The van der Waals surface area contributed by atoms with Gasteiger partial charge in [-0.1, -0.05) is 18.2 Å². The molecule has 6 nitrogen and oxygen atoms in total. The fourth-order valence-electron chi connectivity index (χ4n) is 3.35. The molecule has 0 bridgehead atoms. The molecule has 0 atom stereocenters. The van der Waals surface area contributed by atoms with Crippen molar-refractivity contribution in [3.8, 4) is 11.4 Å². The fourth-order valence-corrected chi connectivity index (χ4v) is 4.19. The number of nitrogens with one attached hydrogen (secondary N) is 1. The lowest BCUT2D eigenvalue weighted by Gasteiger charge is -2.10. The second-order valence-corrected chi connectivity index (χ2v) is 8.23. The lowest BCUT2D eigenvalue weighted by Crippen LogP contribution is -2.25. The number of aryl methyl sites for hydroxylation is 1. The summed E-state index contributed by atoms with van der Waals surface area (Å²) in [5, 5.41) is 7.61. The quantitative estimate of drug-likeness (QED) is 0.507. The molecule has 2 aromatic carbocycles. The van der Waals surface area contributed by atoms with E-state index in [1.54, 1.807) is 19.2 Å². The van der Waals surface area contributed by atoms with Gasteiger partial charge in [-0.25, -0.2) is 4.68 Å². The summed E-state index contributed by atoms with van der Waals surface area (Å²) in [7, 11) is 1.60. The average Bonchev–Trinajstić information content (AvgIpc) is 3.06. The topological polar surface area (TPSA) is 73.2 Å². The van der Waals surface area contributed by atoms with Crippen molar-refractivity contribution in [3.05, 3.63) is 76.6 Å². The Kier molecular flexibility index (Phi) is 7.52. The van der Waals surface area contributed by atoms with Gasteiger partial charge in [-0.2, -0.15) is 5.10 Å². The Hall–Kier alpha value is -3.06. The Bertz CT molecular complexity index is 1080. The Morgan fingerprint density at radius 3 is 2.55 bits per heavy atom. The molecule has 0 aliphatic heterocycles. The molecule has 7 heteroatoms. The summed E-state index contributed by atoms with van der Waals surface area (Å²) in [5.74, 6) is 1.59. The van der Waals surface area contributed by atoms with Crippen LogP contribution in [0.1, 0.15) is 39.8 Å². The van der Waals surface area contributed by atoms with Crippen LogP contribution in [-0.2, 0) is 17.1 Å². The van der Waals surface area contributed by atoms with Crippen LogP contribution < -0.4 is 10.1 Å². The lowest BCUT2D eigenvalue weighted by molar-refractivity contribution is -0.118. The molecule has 0 radical (unpaired) electrons. The number of ketones is 1. The highest BCUT2D eigenvalue weighted by Crippen LogP contribution is 2.25. The van der Waals surface area contributed by atoms with Crippen molar-refractivity contribution in [1.82, 2.24) is 15.1 Å². The number of amides is 1. The number of hydrogen-bond donors (Lipinski definition) is 1. The van der Waals surface area contributed by atoms with Gasteiger partial charge in [0.15, 0.2) is 5.78 Å². The van der Waals surface area contributed by atoms with Crippen molar-refractivity contribution < 1.29 is 14.3 Å². The summed E-state index contributed by atoms with van der Waals surface area (Å²) in [6, 6.07) is 15.3. The SMILES string of the molecule is COc1ccc(C(C)=O)cc1CSCC(=O)NCc1c(C)nn(-c2ccccc2)c1C. The van der Waals surface area contributed by atoms with Gasteiger partial charge in [0.1, 0.15) is 5.75 Å². The first-order valence-corrected chi connectivity index (χ1v) is 11.2. The maximum atomic E-state index is 12.4. The molecular weight excluding hydrogens is 410 g/mol. The third-order valence-corrected chi connectivity index (χ3v) is 6.06. The minimum Gasteiger partial charge on any atom is -0.496 e. The van der Waals surface area contributed by atoms with E-state index in [9.17, 15) is 9.59 Å². The number of aromatic nitrogens is 2. The predicted octanol–water partition coefficient (Wildman–Crippen LogP) is 4.25. The molecule has 1 heterocycles. The molecule has 0 saturated carbocycles. The van der Waals surface area contributed by atoms with E-state index in [0.717, 1.165) is 34.0 Å². The third kappa shape index (κ3) is 5.55. The van der Waals surface area contributed by atoms with E-state index in [-0.39, 0.29) is 11.7 Å². The van der Waals surface area contributed by atoms with Crippen molar-refractivity contribution in [2.75, 3.05) is 12.9 Å². The van der Waals surface area contributed by atoms with Crippen molar-refractivity contribution in [1.29, 1.82) is 0 Å². The maximum absolute atomic E-state index is 12.4. The van der Waals surface area contributed by atoms with Gasteiger partial charge in [-0.3, -0.25) is 9.59 Å². The third-order valence-electron chi connectivity index (χ3n) is 5.08. The van der Waals surface area contributed by atoms with Gasteiger partial charge < -0.3 is 10.1 Å². The smallest absolute Gasteiger partial charge is 0.230 e. The molecule has 3 aromatic rings. The summed E-state index contributed by atoms with van der Waals surface area (Å²) < 4.78 is 7.28. The van der Waals surface area contributed by atoms with Crippen LogP contribution in [0.5, 0.6) is 5.75 Å². The number of carbonyl (C=O) groups is 2. The number of hydrogen-bond acceptors (Lipinski definition) is 5. The standard InChI is InChI=1S/C24H27N3O3S/c1-16-22(17(2)27(26-16)21-8-6-5-7-9-21)13-25-24(29)15-31-14-20-12-19(18(3)28)10-11-23(20)30-4/h5-12H,13-15H2,1-4H3,(H,25,29). The van der Waals surface area contributed by atoms with Gasteiger partial charge in [-0.05, 0) is 51.1 Å². The number of carbonyl (C=O) groups excluding carboxylic acids is 2. The molecule has 0 saturated heterocycles. The monoisotopic (exact) mass is 437 g/mol. The Morgan fingerprint density at radius 1 is 1.13 bits per heavy atom. The van der Waals surface area contributed by atoms with Crippen molar-refractivity contribution >= 4 is 23.5 Å². The number of thioether (sulfide) groups is 1. The van der Waals surface area contributed by atoms with Crippen molar-refractivity contribution in [2.45, 2.75) is 33.1 Å². The van der Waals surface area contributed by atoms with Crippen LogP contribution in [0.2, 0.25) is 0 Å². The van der Waals surface area contributed by atoms with Crippen molar-refractivity contribution in [2.24, 2.45) is 0 Å². The second kappa shape index (κ2) is 10.3. The van der Waals surface area contributed by atoms with Gasteiger partial charge in [0.2, 0.25) is 5.91 Å². The minimum absolute atomic E-state index is 0.00781. The minimum atomic E-state index is -0.0436. The number of methoxy groups -OCH3 is 1. The zero-order valence-corrected chi connectivity index (χ0v) is 19.1. The Labute approximate surface area is 187 Å². The molecule has 0 aliphatic rings. The molecule has 0 unspecified atom stereocenters. The molecule has 3 rings (SSSR count). The fraction of sp³-hybridized carbons (Fsp3) is 0.292. The number of benzene rings is 2. The van der Waals surface area contributed by atoms with Gasteiger partial charge >= 0.3 is 0 Å². The molecule has 1 amide bonds. The van der Waals surface area contributed by atoms with Crippen LogP contribution >= 0.6 is 11.8 Å². The first kappa shape index (κ1) is 22.6. The van der Waals surface area contributed by atoms with Crippen LogP contribution in [0, 0.1) is 13.8 Å². The van der Waals surface area contributed by atoms with E-state index in [0.29, 0.717) is 23.6 Å². The molecule has 0 fully saturated rings. The number of nitrogens with zero attached hydrogens (tertiary/aromatic N) is 2. The molecule has 162 valence electrons. The second-order valence-electron chi connectivity index (χ2n) is 7.25. The highest BCUT2D eigenvalue weighted by Gasteiger charge is 2.14. The highest BCUT2D eigenvalue weighted by molar-refractivity contribution is 7.99. The highest BCUT2D eigenvalue weighted by atomic mass is 32.2. The van der Waals surface area contributed by atoms with Gasteiger partial charge in [-0.15, -0.1) is 11.8 Å². The Balaban J connectivity index is 1.57. The van der Waals surface area contributed by atoms with Gasteiger partial charge in [0, 0.05) is 34.7 Å².